The van der Waals surface area contributed by atoms with Crippen LogP contribution in [0.1, 0.15) is 48.5 Å². The number of methoxy groups -OCH3 is 1. The predicted octanol–water partition coefficient (Wildman–Crippen LogP) is 3.22. The molecule has 134 valence electrons. The summed E-state index contributed by atoms with van der Waals surface area (Å²) in [5.41, 5.74) is 1.37. The van der Waals surface area contributed by atoms with Crippen molar-refractivity contribution in [1.29, 1.82) is 0 Å². The molecule has 3 rings (SSSR count). The van der Waals surface area contributed by atoms with Gasteiger partial charge in [0.25, 0.3) is 0 Å². The molecule has 0 atom stereocenters. The molecule has 5 nitrogen and oxygen atoms in total. The van der Waals surface area contributed by atoms with Crippen LogP contribution in [-0.2, 0) is 4.74 Å². The molecule has 0 unspecified atom stereocenters. The fourth-order valence-electron chi connectivity index (χ4n) is 4.12. The summed E-state index contributed by atoms with van der Waals surface area (Å²) in [7, 11) is 1.80. The van der Waals surface area contributed by atoms with Crippen molar-refractivity contribution in [2.75, 3.05) is 31.6 Å². The van der Waals surface area contributed by atoms with Crippen LogP contribution in [-0.4, -0.2) is 60.9 Å². The van der Waals surface area contributed by atoms with Crippen LogP contribution < -0.4 is 4.90 Å². The Labute approximate surface area is 148 Å². The van der Waals surface area contributed by atoms with Crippen molar-refractivity contribution in [1.82, 2.24) is 4.90 Å². The summed E-state index contributed by atoms with van der Waals surface area (Å²) in [5.74, 6) is -0.819. The van der Waals surface area contributed by atoms with E-state index in [4.69, 9.17) is 4.74 Å². The number of carboxylic acids is 1. The zero-order valence-corrected chi connectivity index (χ0v) is 15.6. The van der Waals surface area contributed by atoms with E-state index >= 15 is 0 Å². The summed E-state index contributed by atoms with van der Waals surface area (Å²) in [6.07, 6.45) is 5.26. The monoisotopic (exact) mass is 352 g/mol. The molecule has 24 heavy (non-hydrogen) atoms. The van der Waals surface area contributed by atoms with E-state index in [-0.39, 0.29) is 0 Å². The first-order chi connectivity index (χ1) is 11.5. The molecule has 1 N–H and O–H groups in total. The Morgan fingerprint density at radius 3 is 2.54 bits per heavy atom. The summed E-state index contributed by atoms with van der Waals surface area (Å²) in [6.45, 7) is 7.20. The molecule has 0 bridgehead atoms. The van der Waals surface area contributed by atoms with Crippen molar-refractivity contribution in [3.05, 3.63) is 16.5 Å². The van der Waals surface area contributed by atoms with Crippen molar-refractivity contribution in [2.24, 2.45) is 0 Å². The summed E-state index contributed by atoms with van der Waals surface area (Å²) in [6, 6.07) is 1.23. The quantitative estimate of drug-likeness (QED) is 0.852. The van der Waals surface area contributed by atoms with Crippen LogP contribution in [0.4, 0.5) is 5.00 Å². The minimum Gasteiger partial charge on any atom is -0.478 e. The molecule has 0 radical (unpaired) electrons. The Hall–Kier alpha value is -1.11. The zero-order chi connectivity index (χ0) is 17.3. The number of aromatic carboxylic acids is 1. The molecule has 0 spiro atoms. The lowest BCUT2D eigenvalue weighted by Crippen LogP contribution is -2.57. The van der Waals surface area contributed by atoms with Gasteiger partial charge in [-0.05, 0) is 45.1 Å². The van der Waals surface area contributed by atoms with Gasteiger partial charge in [0.05, 0.1) is 16.7 Å². The van der Waals surface area contributed by atoms with Gasteiger partial charge in [-0.15, -0.1) is 11.3 Å². The number of likely N-dealkylation sites (tertiary alicyclic amines) is 1. The Bertz CT molecular complexity index is 575. The van der Waals surface area contributed by atoms with Gasteiger partial charge in [-0.2, -0.15) is 0 Å². The van der Waals surface area contributed by atoms with E-state index in [0.717, 1.165) is 30.2 Å². The fraction of sp³-hybridized carbons (Fsp3) is 0.722. The van der Waals surface area contributed by atoms with E-state index in [1.165, 1.54) is 25.7 Å². The molecule has 1 aliphatic carbocycles. The van der Waals surface area contributed by atoms with Gasteiger partial charge in [-0.1, -0.05) is 0 Å². The number of carbonyl (C=O) groups is 1. The number of nitrogens with zero attached hydrogens (tertiary/aromatic N) is 2. The van der Waals surface area contributed by atoms with E-state index in [2.05, 4.69) is 16.7 Å². The number of hydrogen-bond donors (Lipinski definition) is 1. The maximum absolute atomic E-state index is 11.3. The molecule has 6 heteroatoms. The molecule has 0 amide bonds. The van der Waals surface area contributed by atoms with Crippen LogP contribution in [0.5, 0.6) is 0 Å². The molecular formula is C18H28N2O3S. The Balaban J connectivity index is 1.61. The highest BCUT2D eigenvalue weighted by atomic mass is 32.1. The molecule has 2 fully saturated rings. The van der Waals surface area contributed by atoms with Crippen LogP contribution in [0.15, 0.2) is 5.38 Å². The number of rotatable bonds is 6. The second-order valence-corrected chi connectivity index (χ2v) is 7.80. The van der Waals surface area contributed by atoms with Crippen LogP contribution in [0.25, 0.3) is 0 Å². The highest BCUT2D eigenvalue weighted by Gasteiger charge is 2.36. The van der Waals surface area contributed by atoms with Gasteiger partial charge in [0.1, 0.15) is 0 Å². The number of anilines is 1. The molecule has 0 aromatic carbocycles. The number of carboxylic acid groups (broad SMARTS) is 1. The molecule has 1 saturated carbocycles. The standard InChI is InChI=1S/C18H28N2O3S/c1-4-20(17-12(2)16(11-24-17)18(21)22)14-7-5-13(6-8-14)19-9-15(10-19)23-3/h11,13-15H,4-10H2,1-3H3,(H,21,22)/t13-,14-. The first-order valence-electron chi connectivity index (χ1n) is 8.90. The topological polar surface area (TPSA) is 53.0 Å². The number of hydrogen-bond acceptors (Lipinski definition) is 5. The number of thiophene rings is 1. The van der Waals surface area contributed by atoms with E-state index in [1.54, 1.807) is 23.8 Å². The molecule has 1 aliphatic heterocycles. The van der Waals surface area contributed by atoms with Crippen molar-refractivity contribution in [3.8, 4) is 0 Å². The Morgan fingerprint density at radius 2 is 2.04 bits per heavy atom. The van der Waals surface area contributed by atoms with Gasteiger partial charge in [0.2, 0.25) is 0 Å². The smallest absolute Gasteiger partial charge is 0.336 e. The average Bonchev–Trinajstić information content (AvgIpc) is 2.90. The lowest BCUT2D eigenvalue weighted by atomic mass is 9.87. The van der Waals surface area contributed by atoms with Crippen molar-refractivity contribution in [2.45, 2.75) is 57.7 Å². The van der Waals surface area contributed by atoms with Gasteiger partial charge < -0.3 is 14.7 Å². The second kappa shape index (κ2) is 7.42. The van der Waals surface area contributed by atoms with Gasteiger partial charge in [-0.25, -0.2) is 4.79 Å². The first kappa shape index (κ1) is 17.7. The number of ether oxygens (including phenoxy) is 1. The summed E-state index contributed by atoms with van der Waals surface area (Å²) in [5, 5.41) is 12.2. The van der Waals surface area contributed by atoms with Gasteiger partial charge in [-0.3, -0.25) is 4.90 Å². The average molecular weight is 353 g/mol. The third kappa shape index (κ3) is 3.32. The highest BCUT2D eigenvalue weighted by molar-refractivity contribution is 7.14. The minimum atomic E-state index is -0.819. The molecule has 2 aliphatic rings. The van der Waals surface area contributed by atoms with Crippen LogP contribution >= 0.6 is 11.3 Å². The second-order valence-electron chi connectivity index (χ2n) is 6.94. The maximum atomic E-state index is 11.3. The third-order valence-corrected chi connectivity index (χ3v) is 6.80. The van der Waals surface area contributed by atoms with E-state index < -0.39 is 5.97 Å². The Kier molecular flexibility index (Phi) is 5.47. The van der Waals surface area contributed by atoms with Crippen LogP contribution in [0.3, 0.4) is 0 Å². The largest absolute Gasteiger partial charge is 0.478 e. The summed E-state index contributed by atoms with van der Waals surface area (Å²) < 4.78 is 5.38. The highest BCUT2D eigenvalue weighted by Crippen LogP contribution is 2.37. The minimum absolute atomic E-state index is 0.429. The van der Waals surface area contributed by atoms with Crippen molar-refractivity contribution < 1.29 is 14.6 Å². The first-order valence-corrected chi connectivity index (χ1v) is 9.78. The lowest BCUT2D eigenvalue weighted by molar-refractivity contribution is -0.0578. The van der Waals surface area contributed by atoms with E-state index in [1.807, 2.05) is 6.92 Å². The van der Waals surface area contributed by atoms with Crippen LogP contribution in [0, 0.1) is 6.92 Å². The normalized spacial score (nSPS) is 25.5. The van der Waals surface area contributed by atoms with Crippen molar-refractivity contribution >= 4 is 22.3 Å². The SMILES string of the molecule is CCN(c1scc(C(=O)O)c1C)[C@H]1CC[C@H](N2CC(OC)C2)CC1. The third-order valence-electron chi connectivity index (χ3n) is 5.68. The van der Waals surface area contributed by atoms with Crippen molar-refractivity contribution in [3.63, 3.8) is 0 Å². The van der Waals surface area contributed by atoms with Gasteiger partial charge in [0.15, 0.2) is 0 Å². The summed E-state index contributed by atoms with van der Waals surface area (Å²) >= 11 is 1.58. The van der Waals surface area contributed by atoms with E-state index in [0.29, 0.717) is 23.8 Å². The van der Waals surface area contributed by atoms with E-state index in [9.17, 15) is 9.90 Å². The Morgan fingerprint density at radius 1 is 1.38 bits per heavy atom. The predicted molar refractivity (Wildman–Crippen MR) is 97.4 cm³/mol. The van der Waals surface area contributed by atoms with Gasteiger partial charge >= 0.3 is 5.97 Å². The lowest BCUT2D eigenvalue weighted by Gasteiger charge is -2.47. The molecule has 2 heterocycles. The molecule has 1 saturated heterocycles. The van der Waals surface area contributed by atoms with Gasteiger partial charge in [0, 0.05) is 44.2 Å². The molecule has 1 aromatic heterocycles. The fourth-order valence-corrected chi connectivity index (χ4v) is 5.33. The zero-order valence-electron chi connectivity index (χ0n) is 14.8. The molecule has 1 aromatic rings. The maximum Gasteiger partial charge on any atom is 0.336 e. The molecular weight excluding hydrogens is 324 g/mol. The summed E-state index contributed by atoms with van der Waals surface area (Å²) in [4.78, 5) is 16.3. The van der Waals surface area contributed by atoms with Crippen LogP contribution in [0.2, 0.25) is 0 Å².